The zero-order chi connectivity index (χ0) is 8.27. The van der Waals surface area contributed by atoms with Gasteiger partial charge in [0.1, 0.15) is 11.6 Å². The molecular weight excluding hydrogens is 145 g/mol. The molecule has 3 heteroatoms. The number of ether oxygens (including phenoxy) is 1. The number of rotatable bonds is 1. The molecule has 0 aliphatic carbocycles. The molecule has 0 fully saturated rings. The van der Waals surface area contributed by atoms with Crippen molar-refractivity contribution in [3.05, 3.63) is 29.6 Å². The first-order valence-electron chi connectivity index (χ1n) is 3.01. The van der Waals surface area contributed by atoms with Crippen LogP contribution >= 0.6 is 0 Å². The van der Waals surface area contributed by atoms with Crippen LogP contribution < -0.4 is 4.74 Å². The predicted octanol–water partition coefficient (Wildman–Crippen LogP) is 1.71. The number of hydrogen-bond donors (Lipinski definition) is 0. The Morgan fingerprint density at radius 2 is 2.18 bits per heavy atom. The minimum atomic E-state index is -0.457. The van der Waals surface area contributed by atoms with Crippen LogP contribution in [0.2, 0.25) is 0 Å². The van der Waals surface area contributed by atoms with E-state index in [4.69, 9.17) is 10.00 Å². The summed E-state index contributed by atoms with van der Waals surface area (Å²) in [6.45, 7) is 0. The topological polar surface area (TPSA) is 33.0 Å². The number of methoxy groups -OCH3 is 1. The van der Waals surface area contributed by atoms with E-state index in [1.165, 1.54) is 19.2 Å². The van der Waals surface area contributed by atoms with Crippen molar-refractivity contribution in [1.82, 2.24) is 0 Å². The zero-order valence-electron chi connectivity index (χ0n) is 5.97. The summed E-state index contributed by atoms with van der Waals surface area (Å²) in [6, 6.07) is 5.68. The molecule has 1 aromatic rings. The van der Waals surface area contributed by atoms with Gasteiger partial charge in [-0.3, -0.25) is 0 Å². The minimum absolute atomic E-state index is 0.266. The summed E-state index contributed by atoms with van der Waals surface area (Å²) >= 11 is 0. The molecule has 0 N–H and O–H groups in total. The summed E-state index contributed by atoms with van der Waals surface area (Å²) in [7, 11) is 1.43. The largest absolute Gasteiger partial charge is 0.497 e. The standard InChI is InChI=1S/C8H6FNO/c1-11-8-3-6(5-10)2-7(9)4-8/h2-4H,1H3. The van der Waals surface area contributed by atoms with Crippen molar-refractivity contribution in [2.75, 3.05) is 7.11 Å². The fourth-order valence-electron chi connectivity index (χ4n) is 0.745. The summed E-state index contributed by atoms with van der Waals surface area (Å²) in [5, 5.41) is 8.41. The summed E-state index contributed by atoms with van der Waals surface area (Å²) < 4.78 is 17.3. The smallest absolute Gasteiger partial charge is 0.128 e. The molecular formula is C8H6FNO. The van der Waals surface area contributed by atoms with Gasteiger partial charge >= 0.3 is 0 Å². The molecule has 0 heterocycles. The van der Waals surface area contributed by atoms with Crippen LogP contribution in [-0.2, 0) is 0 Å². The van der Waals surface area contributed by atoms with Gasteiger partial charge in [-0.05, 0) is 12.1 Å². The molecule has 0 spiro atoms. The highest BCUT2D eigenvalue weighted by Gasteiger charge is 1.98. The van der Waals surface area contributed by atoms with Gasteiger partial charge in [0.15, 0.2) is 0 Å². The van der Waals surface area contributed by atoms with Gasteiger partial charge in [0.25, 0.3) is 0 Å². The molecule has 0 saturated heterocycles. The van der Waals surface area contributed by atoms with E-state index in [1.54, 1.807) is 0 Å². The summed E-state index contributed by atoms with van der Waals surface area (Å²) in [6.07, 6.45) is 0. The Morgan fingerprint density at radius 1 is 1.45 bits per heavy atom. The Hall–Kier alpha value is -1.56. The number of nitriles is 1. The number of nitrogens with zero attached hydrogens (tertiary/aromatic N) is 1. The molecule has 1 rings (SSSR count). The highest BCUT2D eigenvalue weighted by atomic mass is 19.1. The lowest BCUT2D eigenvalue weighted by molar-refractivity contribution is 0.411. The maximum Gasteiger partial charge on any atom is 0.128 e. The first kappa shape index (κ1) is 7.55. The molecule has 0 unspecified atom stereocenters. The predicted molar refractivity (Wildman–Crippen MR) is 37.7 cm³/mol. The highest BCUT2D eigenvalue weighted by Crippen LogP contribution is 2.14. The molecule has 2 nitrogen and oxygen atoms in total. The van der Waals surface area contributed by atoms with E-state index in [0.717, 1.165) is 6.07 Å². The zero-order valence-corrected chi connectivity index (χ0v) is 5.97. The monoisotopic (exact) mass is 151 g/mol. The Bertz CT molecular complexity index is 303. The van der Waals surface area contributed by atoms with Gasteiger partial charge in [0.2, 0.25) is 0 Å². The van der Waals surface area contributed by atoms with Crippen molar-refractivity contribution in [2.24, 2.45) is 0 Å². The number of halogens is 1. The molecule has 0 atom stereocenters. The molecule has 11 heavy (non-hydrogen) atoms. The molecule has 1 aromatic carbocycles. The van der Waals surface area contributed by atoms with Crippen molar-refractivity contribution in [1.29, 1.82) is 5.26 Å². The van der Waals surface area contributed by atoms with Crippen LogP contribution in [0.25, 0.3) is 0 Å². The minimum Gasteiger partial charge on any atom is -0.497 e. The van der Waals surface area contributed by atoms with Crippen molar-refractivity contribution in [3.8, 4) is 11.8 Å². The van der Waals surface area contributed by atoms with E-state index < -0.39 is 5.82 Å². The van der Waals surface area contributed by atoms with E-state index in [9.17, 15) is 4.39 Å². The summed E-state index contributed by atoms with van der Waals surface area (Å²) in [4.78, 5) is 0. The second-order valence-corrected chi connectivity index (χ2v) is 1.99. The lowest BCUT2D eigenvalue weighted by Gasteiger charge is -1.98. The van der Waals surface area contributed by atoms with Crippen molar-refractivity contribution < 1.29 is 9.13 Å². The SMILES string of the molecule is COc1cc(F)cc(C#N)c1. The molecule has 0 bridgehead atoms. The maximum atomic E-state index is 12.6. The fourth-order valence-corrected chi connectivity index (χ4v) is 0.745. The average molecular weight is 151 g/mol. The highest BCUT2D eigenvalue weighted by molar-refractivity contribution is 5.36. The first-order chi connectivity index (χ1) is 5.26. The number of benzene rings is 1. The van der Waals surface area contributed by atoms with E-state index in [0.29, 0.717) is 5.75 Å². The Kier molecular flexibility index (Phi) is 2.07. The molecule has 0 aromatic heterocycles. The van der Waals surface area contributed by atoms with Crippen LogP contribution in [0.5, 0.6) is 5.75 Å². The van der Waals surface area contributed by atoms with Crippen LogP contribution in [0.4, 0.5) is 4.39 Å². The van der Waals surface area contributed by atoms with E-state index >= 15 is 0 Å². The van der Waals surface area contributed by atoms with E-state index in [-0.39, 0.29) is 5.56 Å². The quantitative estimate of drug-likeness (QED) is 0.612. The maximum absolute atomic E-state index is 12.6. The molecule has 0 aliphatic heterocycles. The van der Waals surface area contributed by atoms with Crippen molar-refractivity contribution in [2.45, 2.75) is 0 Å². The van der Waals surface area contributed by atoms with E-state index in [1.807, 2.05) is 6.07 Å². The fraction of sp³-hybridized carbons (Fsp3) is 0.125. The Balaban J connectivity index is 3.15. The van der Waals surface area contributed by atoms with Gasteiger partial charge in [-0.25, -0.2) is 4.39 Å². The average Bonchev–Trinajstić information content (AvgIpc) is 2.03. The van der Waals surface area contributed by atoms with Crippen molar-refractivity contribution in [3.63, 3.8) is 0 Å². The van der Waals surface area contributed by atoms with E-state index in [2.05, 4.69) is 0 Å². The summed E-state index contributed by atoms with van der Waals surface area (Å²) in [5.41, 5.74) is 0.266. The Labute approximate surface area is 63.8 Å². The Morgan fingerprint density at radius 3 is 2.73 bits per heavy atom. The van der Waals surface area contributed by atoms with Crippen LogP contribution in [0.15, 0.2) is 18.2 Å². The van der Waals surface area contributed by atoms with Crippen LogP contribution in [-0.4, -0.2) is 7.11 Å². The van der Waals surface area contributed by atoms with Gasteiger partial charge in [-0.15, -0.1) is 0 Å². The van der Waals surface area contributed by atoms with Crippen molar-refractivity contribution >= 4 is 0 Å². The lowest BCUT2D eigenvalue weighted by atomic mass is 10.2. The summed E-state index contributed by atoms with van der Waals surface area (Å²) in [5.74, 6) is -0.0950. The van der Waals surface area contributed by atoms with Crippen LogP contribution in [0.1, 0.15) is 5.56 Å². The lowest BCUT2D eigenvalue weighted by Crippen LogP contribution is -1.85. The third-order valence-electron chi connectivity index (χ3n) is 1.24. The van der Waals surface area contributed by atoms with Gasteiger partial charge in [0.05, 0.1) is 18.7 Å². The van der Waals surface area contributed by atoms with Gasteiger partial charge < -0.3 is 4.74 Å². The molecule has 0 aliphatic rings. The first-order valence-corrected chi connectivity index (χ1v) is 3.01. The van der Waals surface area contributed by atoms with Crippen LogP contribution in [0.3, 0.4) is 0 Å². The normalized spacial score (nSPS) is 8.82. The van der Waals surface area contributed by atoms with Crippen LogP contribution in [0, 0.1) is 17.1 Å². The second-order valence-electron chi connectivity index (χ2n) is 1.99. The molecule has 56 valence electrons. The second kappa shape index (κ2) is 3.02. The third-order valence-corrected chi connectivity index (χ3v) is 1.24. The number of hydrogen-bond acceptors (Lipinski definition) is 2. The van der Waals surface area contributed by atoms with Gasteiger partial charge in [0, 0.05) is 6.07 Å². The molecule has 0 radical (unpaired) electrons. The molecule has 0 amide bonds. The third kappa shape index (κ3) is 1.68. The molecule has 0 saturated carbocycles. The van der Waals surface area contributed by atoms with Gasteiger partial charge in [-0.1, -0.05) is 0 Å². The van der Waals surface area contributed by atoms with Gasteiger partial charge in [-0.2, -0.15) is 5.26 Å².